The van der Waals surface area contributed by atoms with Crippen molar-refractivity contribution in [1.29, 1.82) is 0 Å². The number of aryl methyl sites for hydroxylation is 2. The molecule has 2 N–H and O–H groups in total. The number of rotatable bonds is 5. The molecule has 2 aromatic rings. The van der Waals surface area contributed by atoms with E-state index in [1.54, 1.807) is 12.1 Å². The molecule has 2 amide bonds. The molecule has 2 unspecified atom stereocenters. The molecule has 0 radical (unpaired) electrons. The van der Waals surface area contributed by atoms with Crippen molar-refractivity contribution in [3.8, 4) is 0 Å². The number of nitrogens with one attached hydrogen (secondary N) is 2. The molecule has 130 valence electrons. The van der Waals surface area contributed by atoms with Crippen molar-refractivity contribution in [1.82, 2.24) is 5.32 Å². The summed E-state index contributed by atoms with van der Waals surface area (Å²) < 4.78 is 0. The molecule has 2 atom stereocenters. The van der Waals surface area contributed by atoms with E-state index < -0.39 is 0 Å². The summed E-state index contributed by atoms with van der Waals surface area (Å²) in [4.78, 5) is 24.6. The summed E-state index contributed by atoms with van der Waals surface area (Å²) in [5.41, 5.74) is 3.88. The zero-order valence-electron chi connectivity index (χ0n) is 14.3. The lowest BCUT2D eigenvalue weighted by Crippen LogP contribution is -2.27. The minimum atomic E-state index is -0.246. The molecule has 1 aliphatic rings. The molecule has 0 bridgehead atoms. The van der Waals surface area contributed by atoms with Gasteiger partial charge in [0.25, 0.3) is 0 Å². The minimum Gasteiger partial charge on any atom is -0.352 e. The molecule has 0 aromatic heterocycles. The average molecular weight is 357 g/mol. The van der Waals surface area contributed by atoms with Crippen molar-refractivity contribution in [2.24, 2.45) is 11.8 Å². The predicted octanol–water partition coefficient (Wildman–Crippen LogP) is 3.85. The zero-order chi connectivity index (χ0) is 18.0. The minimum absolute atomic E-state index is 0.0726. The number of hydrogen-bond donors (Lipinski definition) is 2. The Hall–Kier alpha value is -2.33. The van der Waals surface area contributed by atoms with Crippen LogP contribution in [-0.4, -0.2) is 11.8 Å². The Morgan fingerprint density at radius 3 is 2.24 bits per heavy atom. The van der Waals surface area contributed by atoms with E-state index >= 15 is 0 Å². The van der Waals surface area contributed by atoms with Gasteiger partial charge >= 0.3 is 0 Å². The first kappa shape index (κ1) is 17.5. The maximum absolute atomic E-state index is 12.4. The van der Waals surface area contributed by atoms with Crippen LogP contribution in [0.5, 0.6) is 0 Å². The van der Waals surface area contributed by atoms with Crippen LogP contribution in [0.3, 0.4) is 0 Å². The fraction of sp³-hybridized carbons (Fsp3) is 0.300. The van der Waals surface area contributed by atoms with Gasteiger partial charge in [-0.3, -0.25) is 9.59 Å². The molecule has 1 fully saturated rings. The Morgan fingerprint density at radius 2 is 1.60 bits per heavy atom. The van der Waals surface area contributed by atoms with Gasteiger partial charge in [-0.05, 0) is 49.1 Å². The molecule has 3 rings (SSSR count). The second kappa shape index (κ2) is 7.28. The standard InChI is InChI=1S/C20H21ClN2O2/c1-12-4-3-5-13(2)18(12)23-20(25)17-10-16(17)19(24)22-11-14-6-8-15(21)9-7-14/h3-9,16-17H,10-11H2,1-2H3,(H,22,24)(H,23,25). The summed E-state index contributed by atoms with van der Waals surface area (Å²) >= 11 is 5.85. The van der Waals surface area contributed by atoms with E-state index in [9.17, 15) is 9.59 Å². The van der Waals surface area contributed by atoms with Gasteiger partial charge in [0.2, 0.25) is 11.8 Å². The van der Waals surface area contributed by atoms with Gasteiger partial charge in [0.1, 0.15) is 0 Å². The van der Waals surface area contributed by atoms with Crippen LogP contribution < -0.4 is 10.6 Å². The summed E-state index contributed by atoms with van der Waals surface area (Å²) in [6.07, 6.45) is 0.600. The van der Waals surface area contributed by atoms with Gasteiger partial charge in [0, 0.05) is 17.3 Å². The average Bonchev–Trinajstić information content (AvgIpc) is 3.38. The lowest BCUT2D eigenvalue weighted by Gasteiger charge is -2.11. The molecule has 0 saturated heterocycles. The quantitative estimate of drug-likeness (QED) is 0.854. The number of hydrogen-bond acceptors (Lipinski definition) is 2. The van der Waals surface area contributed by atoms with Gasteiger partial charge in [0.05, 0.1) is 11.8 Å². The summed E-state index contributed by atoms with van der Waals surface area (Å²) in [6, 6.07) is 13.2. The maximum Gasteiger partial charge on any atom is 0.228 e. The van der Waals surface area contributed by atoms with Crippen LogP contribution in [0.4, 0.5) is 5.69 Å². The van der Waals surface area contributed by atoms with Crippen LogP contribution in [0.15, 0.2) is 42.5 Å². The summed E-state index contributed by atoms with van der Waals surface area (Å²) in [5.74, 6) is -0.638. The smallest absolute Gasteiger partial charge is 0.228 e. The first-order valence-corrected chi connectivity index (χ1v) is 8.72. The van der Waals surface area contributed by atoms with E-state index in [0.717, 1.165) is 22.4 Å². The fourth-order valence-corrected chi connectivity index (χ4v) is 3.05. The van der Waals surface area contributed by atoms with Crippen LogP contribution in [0, 0.1) is 25.7 Å². The van der Waals surface area contributed by atoms with Gasteiger partial charge in [-0.25, -0.2) is 0 Å². The monoisotopic (exact) mass is 356 g/mol. The van der Waals surface area contributed by atoms with Crippen molar-refractivity contribution in [3.63, 3.8) is 0 Å². The highest BCUT2D eigenvalue weighted by Gasteiger charge is 2.48. The summed E-state index contributed by atoms with van der Waals surface area (Å²) in [5, 5.41) is 6.53. The van der Waals surface area contributed by atoms with E-state index in [-0.39, 0.29) is 23.7 Å². The lowest BCUT2D eigenvalue weighted by atomic mass is 10.1. The van der Waals surface area contributed by atoms with Crippen LogP contribution in [0.1, 0.15) is 23.1 Å². The third-order valence-corrected chi connectivity index (χ3v) is 4.83. The molecule has 0 aliphatic heterocycles. The van der Waals surface area contributed by atoms with E-state index in [2.05, 4.69) is 10.6 Å². The van der Waals surface area contributed by atoms with Crippen LogP contribution >= 0.6 is 11.6 Å². The number of benzene rings is 2. The van der Waals surface area contributed by atoms with E-state index in [0.29, 0.717) is 18.0 Å². The van der Waals surface area contributed by atoms with Crippen molar-refractivity contribution in [2.45, 2.75) is 26.8 Å². The molecule has 0 spiro atoms. The van der Waals surface area contributed by atoms with Gasteiger partial charge in [-0.15, -0.1) is 0 Å². The van der Waals surface area contributed by atoms with E-state index in [1.807, 2.05) is 44.2 Å². The Balaban J connectivity index is 1.52. The van der Waals surface area contributed by atoms with Crippen molar-refractivity contribution in [2.75, 3.05) is 5.32 Å². The largest absolute Gasteiger partial charge is 0.352 e. The molecule has 25 heavy (non-hydrogen) atoms. The van der Waals surface area contributed by atoms with Crippen molar-refractivity contribution in [3.05, 3.63) is 64.2 Å². The highest BCUT2D eigenvalue weighted by molar-refractivity contribution is 6.30. The molecule has 1 saturated carbocycles. The number of para-hydroxylation sites is 1. The number of carbonyl (C=O) groups is 2. The number of halogens is 1. The Kier molecular flexibility index (Phi) is 5.09. The highest BCUT2D eigenvalue weighted by atomic mass is 35.5. The number of anilines is 1. The molecular formula is C20H21ClN2O2. The third-order valence-electron chi connectivity index (χ3n) is 4.57. The molecule has 2 aromatic carbocycles. The first-order chi connectivity index (χ1) is 12.0. The first-order valence-electron chi connectivity index (χ1n) is 8.35. The number of amides is 2. The maximum atomic E-state index is 12.4. The molecule has 0 heterocycles. The Labute approximate surface area is 152 Å². The molecule has 5 heteroatoms. The molecule has 4 nitrogen and oxygen atoms in total. The Morgan fingerprint density at radius 1 is 1.00 bits per heavy atom. The van der Waals surface area contributed by atoms with Crippen LogP contribution in [0.25, 0.3) is 0 Å². The van der Waals surface area contributed by atoms with Crippen molar-refractivity contribution >= 4 is 29.1 Å². The summed E-state index contributed by atoms with van der Waals surface area (Å²) in [7, 11) is 0. The van der Waals surface area contributed by atoms with Gasteiger partial charge < -0.3 is 10.6 Å². The predicted molar refractivity (Wildman–Crippen MR) is 99.4 cm³/mol. The number of carbonyl (C=O) groups excluding carboxylic acids is 2. The van der Waals surface area contributed by atoms with Gasteiger partial charge in [-0.2, -0.15) is 0 Å². The van der Waals surface area contributed by atoms with E-state index in [4.69, 9.17) is 11.6 Å². The van der Waals surface area contributed by atoms with Crippen molar-refractivity contribution < 1.29 is 9.59 Å². The lowest BCUT2D eigenvalue weighted by molar-refractivity contribution is -0.125. The molecular weight excluding hydrogens is 336 g/mol. The Bertz CT molecular complexity index is 782. The summed E-state index contributed by atoms with van der Waals surface area (Å²) in [6.45, 7) is 4.37. The van der Waals surface area contributed by atoms with E-state index in [1.165, 1.54) is 0 Å². The van der Waals surface area contributed by atoms with Gasteiger partial charge in [-0.1, -0.05) is 41.9 Å². The highest BCUT2D eigenvalue weighted by Crippen LogP contribution is 2.40. The normalized spacial score (nSPS) is 18.5. The second-order valence-corrected chi connectivity index (χ2v) is 6.99. The van der Waals surface area contributed by atoms with Gasteiger partial charge in [0.15, 0.2) is 0 Å². The van der Waals surface area contributed by atoms with Crippen LogP contribution in [0.2, 0.25) is 5.02 Å². The third kappa shape index (κ3) is 4.20. The fourth-order valence-electron chi connectivity index (χ4n) is 2.92. The second-order valence-electron chi connectivity index (χ2n) is 6.55. The SMILES string of the molecule is Cc1cccc(C)c1NC(=O)C1CC1C(=O)NCc1ccc(Cl)cc1. The topological polar surface area (TPSA) is 58.2 Å². The van der Waals surface area contributed by atoms with Crippen LogP contribution in [-0.2, 0) is 16.1 Å². The zero-order valence-corrected chi connectivity index (χ0v) is 15.1. The molecule has 1 aliphatic carbocycles.